The van der Waals surface area contributed by atoms with Gasteiger partial charge in [0.2, 0.25) is 5.78 Å². The quantitative estimate of drug-likeness (QED) is 0.816. The zero-order chi connectivity index (χ0) is 21.2. The van der Waals surface area contributed by atoms with Crippen LogP contribution < -0.4 is 5.32 Å². The minimum Gasteiger partial charge on any atom is -0.391 e. The van der Waals surface area contributed by atoms with E-state index in [1.807, 2.05) is 13.2 Å². The normalized spacial score (nSPS) is 25.1. The SMILES string of the molecule is CC1(C)CC1(C#N)c1cnc2nc(C(=O)N3CCCC(O)C3)cn2c1.CCNC. The van der Waals surface area contributed by atoms with E-state index in [1.54, 1.807) is 21.7 Å². The molecule has 2 aliphatic rings. The summed E-state index contributed by atoms with van der Waals surface area (Å²) < 4.78 is 1.72. The number of aliphatic hydroxyl groups excluding tert-OH is 1. The van der Waals surface area contributed by atoms with E-state index in [-0.39, 0.29) is 11.3 Å². The number of nitrogens with one attached hydrogen (secondary N) is 1. The van der Waals surface area contributed by atoms with Crippen LogP contribution in [0.4, 0.5) is 0 Å². The van der Waals surface area contributed by atoms with E-state index in [0.717, 1.165) is 31.4 Å². The monoisotopic (exact) mass is 398 g/mol. The first-order chi connectivity index (χ1) is 13.8. The van der Waals surface area contributed by atoms with Gasteiger partial charge in [0, 0.05) is 37.2 Å². The topological polar surface area (TPSA) is 107 Å². The number of rotatable bonds is 3. The van der Waals surface area contributed by atoms with Gasteiger partial charge in [-0.2, -0.15) is 5.26 Å². The van der Waals surface area contributed by atoms with E-state index < -0.39 is 11.5 Å². The van der Waals surface area contributed by atoms with E-state index in [9.17, 15) is 15.2 Å². The largest absolute Gasteiger partial charge is 0.391 e. The lowest BCUT2D eigenvalue weighted by molar-refractivity contribution is 0.0469. The Morgan fingerprint density at radius 3 is 2.69 bits per heavy atom. The molecule has 0 spiro atoms. The highest BCUT2D eigenvalue weighted by Gasteiger charge is 2.63. The number of hydrogen-bond donors (Lipinski definition) is 2. The first kappa shape index (κ1) is 21.2. The molecule has 156 valence electrons. The molecule has 0 aromatic carbocycles. The summed E-state index contributed by atoms with van der Waals surface area (Å²) in [7, 11) is 1.93. The summed E-state index contributed by atoms with van der Waals surface area (Å²) in [6.07, 6.45) is 7.07. The lowest BCUT2D eigenvalue weighted by Crippen LogP contribution is -2.42. The predicted octanol–water partition coefficient (Wildman–Crippen LogP) is 1.74. The zero-order valence-electron chi connectivity index (χ0n) is 17.6. The van der Waals surface area contributed by atoms with Crippen molar-refractivity contribution >= 4 is 11.7 Å². The van der Waals surface area contributed by atoms with Gasteiger partial charge < -0.3 is 15.3 Å². The molecule has 0 radical (unpaired) electrons. The van der Waals surface area contributed by atoms with Gasteiger partial charge >= 0.3 is 0 Å². The second kappa shape index (κ2) is 8.09. The molecular formula is C21H30N6O2. The van der Waals surface area contributed by atoms with Crippen LogP contribution in [0.2, 0.25) is 0 Å². The molecule has 29 heavy (non-hydrogen) atoms. The number of nitriles is 1. The molecule has 2 atom stereocenters. The van der Waals surface area contributed by atoms with E-state index in [1.165, 1.54) is 0 Å². The number of amides is 1. The second-order valence-electron chi connectivity index (χ2n) is 8.51. The molecule has 1 aliphatic heterocycles. The molecule has 8 heteroatoms. The fourth-order valence-corrected chi connectivity index (χ4v) is 3.88. The van der Waals surface area contributed by atoms with Crippen molar-refractivity contribution in [2.75, 3.05) is 26.7 Å². The zero-order valence-corrected chi connectivity index (χ0v) is 17.6. The maximum atomic E-state index is 12.6. The van der Waals surface area contributed by atoms with Gasteiger partial charge in [-0.1, -0.05) is 20.8 Å². The maximum absolute atomic E-state index is 12.6. The molecule has 1 amide bonds. The summed E-state index contributed by atoms with van der Waals surface area (Å²) in [5, 5.41) is 22.3. The third-order valence-corrected chi connectivity index (χ3v) is 5.99. The van der Waals surface area contributed by atoms with Gasteiger partial charge in [0.25, 0.3) is 5.91 Å². The number of piperidine rings is 1. The maximum Gasteiger partial charge on any atom is 0.274 e. The minimum atomic E-state index is -0.514. The molecule has 8 nitrogen and oxygen atoms in total. The molecule has 2 aromatic heterocycles. The lowest BCUT2D eigenvalue weighted by Gasteiger charge is -2.29. The highest BCUT2D eigenvalue weighted by molar-refractivity contribution is 5.92. The number of imidazole rings is 1. The number of aliphatic hydroxyl groups is 1. The van der Waals surface area contributed by atoms with Crippen molar-refractivity contribution in [2.24, 2.45) is 5.41 Å². The van der Waals surface area contributed by atoms with Crippen molar-refractivity contribution in [3.05, 3.63) is 29.8 Å². The van der Waals surface area contributed by atoms with E-state index in [0.29, 0.717) is 24.6 Å². The number of nitrogens with zero attached hydrogens (tertiary/aromatic N) is 5. The van der Waals surface area contributed by atoms with Crippen LogP contribution in [-0.4, -0.2) is 63.1 Å². The molecular weight excluding hydrogens is 368 g/mol. The van der Waals surface area contributed by atoms with Crippen molar-refractivity contribution in [3.8, 4) is 6.07 Å². The third-order valence-electron chi connectivity index (χ3n) is 5.99. The summed E-state index contributed by atoms with van der Waals surface area (Å²) in [6, 6.07) is 2.43. The summed E-state index contributed by atoms with van der Waals surface area (Å²) >= 11 is 0. The van der Waals surface area contributed by atoms with Crippen molar-refractivity contribution in [2.45, 2.75) is 51.6 Å². The number of carbonyl (C=O) groups is 1. The molecule has 1 aliphatic carbocycles. The van der Waals surface area contributed by atoms with Gasteiger partial charge in [0.1, 0.15) is 5.69 Å². The van der Waals surface area contributed by atoms with Crippen LogP contribution in [0.15, 0.2) is 18.6 Å². The summed E-state index contributed by atoms with van der Waals surface area (Å²) in [6.45, 7) is 8.27. The van der Waals surface area contributed by atoms with E-state index >= 15 is 0 Å². The number of carbonyl (C=O) groups excluding carboxylic acids is 1. The van der Waals surface area contributed by atoms with Crippen LogP contribution in [0, 0.1) is 16.7 Å². The fraction of sp³-hybridized carbons (Fsp3) is 0.619. The Morgan fingerprint density at radius 2 is 2.14 bits per heavy atom. The molecule has 0 bridgehead atoms. The molecule has 2 unspecified atom stereocenters. The van der Waals surface area contributed by atoms with Crippen molar-refractivity contribution in [1.29, 1.82) is 5.26 Å². The van der Waals surface area contributed by atoms with Crippen LogP contribution >= 0.6 is 0 Å². The smallest absolute Gasteiger partial charge is 0.274 e. The third kappa shape index (κ3) is 3.98. The Labute approximate surface area is 171 Å². The van der Waals surface area contributed by atoms with E-state index in [4.69, 9.17) is 0 Å². The summed E-state index contributed by atoms with van der Waals surface area (Å²) in [4.78, 5) is 22.9. The Hall–Kier alpha value is -2.50. The molecule has 1 saturated heterocycles. The van der Waals surface area contributed by atoms with Gasteiger partial charge in [0.05, 0.1) is 17.6 Å². The van der Waals surface area contributed by atoms with E-state index in [2.05, 4.69) is 42.1 Å². The van der Waals surface area contributed by atoms with Crippen molar-refractivity contribution < 1.29 is 9.90 Å². The van der Waals surface area contributed by atoms with Gasteiger partial charge in [-0.15, -0.1) is 0 Å². The van der Waals surface area contributed by atoms with Crippen molar-refractivity contribution in [1.82, 2.24) is 24.6 Å². The Balaban J connectivity index is 0.000000552. The van der Waals surface area contributed by atoms with Gasteiger partial charge in [-0.3, -0.25) is 9.20 Å². The second-order valence-corrected chi connectivity index (χ2v) is 8.51. The molecule has 2 fully saturated rings. The number of hydrogen-bond acceptors (Lipinski definition) is 6. The molecule has 2 aromatic rings. The van der Waals surface area contributed by atoms with Crippen LogP contribution in [0.5, 0.6) is 0 Å². The number of likely N-dealkylation sites (tertiary alicyclic amines) is 1. The first-order valence-corrected chi connectivity index (χ1v) is 10.2. The molecule has 4 rings (SSSR count). The van der Waals surface area contributed by atoms with Gasteiger partial charge in [-0.25, -0.2) is 9.97 Å². The molecule has 2 N–H and O–H groups in total. The summed E-state index contributed by atoms with van der Waals surface area (Å²) in [5.41, 5.74) is 0.594. The highest BCUT2D eigenvalue weighted by atomic mass is 16.3. The summed E-state index contributed by atoms with van der Waals surface area (Å²) in [5.74, 6) is 0.253. The number of β-amino-alcohol motifs (C(OH)–C–C–N with tert-alkyl or cyclic N) is 1. The van der Waals surface area contributed by atoms with Gasteiger partial charge in [-0.05, 0) is 38.3 Å². The van der Waals surface area contributed by atoms with Crippen LogP contribution in [0.25, 0.3) is 5.78 Å². The number of fused-ring (bicyclic) bond motifs is 1. The minimum absolute atomic E-state index is 0.0692. The predicted molar refractivity (Wildman–Crippen MR) is 109 cm³/mol. The fourth-order valence-electron chi connectivity index (χ4n) is 3.88. The highest BCUT2D eigenvalue weighted by Crippen LogP contribution is 2.63. The van der Waals surface area contributed by atoms with Crippen LogP contribution in [-0.2, 0) is 5.41 Å². The van der Waals surface area contributed by atoms with Gasteiger partial charge in [0.15, 0.2) is 0 Å². The Bertz CT molecular complexity index is 929. The van der Waals surface area contributed by atoms with Crippen LogP contribution in [0.1, 0.15) is 56.1 Å². The standard InChI is InChI=1S/C18H21N5O2.C3H9N/c1-17(2)10-18(17,11-19)12-6-20-16-21-14(9-23(16)7-12)15(25)22-5-3-4-13(24)8-22;1-3-4-2/h6-7,9,13,24H,3-5,8,10H2,1-2H3;4H,3H2,1-2H3. The molecule has 1 saturated carbocycles. The number of aromatic nitrogens is 3. The Kier molecular flexibility index (Phi) is 5.92. The average Bonchev–Trinajstić information content (AvgIpc) is 3.08. The average molecular weight is 399 g/mol. The first-order valence-electron chi connectivity index (χ1n) is 10.2. The lowest BCUT2D eigenvalue weighted by atomic mass is 9.91. The Morgan fingerprint density at radius 1 is 1.45 bits per heavy atom. The van der Waals surface area contributed by atoms with Crippen molar-refractivity contribution in [3.63, 3.8) is 0 Å². The van der Waals surface area contributed by atoms with Crippen LogP contribution in [0.3, 0.4) is 0 Å². The molecule has 3 heterocycles.